The number of benzene rings is 2. The fourth-order valence-electron chi connectivity index (χ4n) is 1.93. The van der Waals surface area contributed by atoms with Gasteiger partial charge in [-0.1, -0.05) is 30.3 Å². The zero-order chi connectivity index (χ0) is 15.2. The maximum absolute atomic E-state index is 13.4. The van der Waals surface area contributed by atoms with Gasteiger partial charge in [-0.2, -0.15) is 0 Å². The Balaban J connectivity index is 1.88. The average molecular weight is 291 g/mol. The molecule has 0 aromatic heterocycles. The second kappa shape index (κ2) is 6.95. The Bertz CT molecular complexity index is 617. The Kier molecular flexibility index (Phi) is 5.00. The van der Waals surface area contributed by atoms with Gasteiger partial charge in [-0.25, -0.2) is 8.78 Å². The van der Waals surface area contributed by atoms with Crippen LogP contribution < -0.4 is 5.32 Å². The number of hydrogen-bond acceptors (Lipinski definition) is 2. The highest BCUT2D eigenvalue weighted by atomic mass is 19.1. The summed E-state index contributed by atoms with van der Waals surface area (Å²) >= 11 is 0. The molecular formula is C16H15F2NO2. The van der Waals surface area contributed by atoms with Crippen LogP contribution in [0.5, 0.6) is 0 Å². The summed E-state index contributed by atoms with van der Waals surface area (Å²) in [5.41, 5.74) is 0.396. The summed E-state index contributed by atoms with van der Waals surface area (Å²) in [5, 5.41) is 12.4. The predicted molar refractivity (Wildman–Crippen MR) is 74.7 cm³/mol. The van der Waals surface area contributed by atoms with Gasteiger partial charge in [0.15, 0.2) is 0 Å². The van der Waals surface area contributed by atoms with Crippen molar-refractivity contribution in [3.8, 4) is 0 Å². The van der Waals surface area contributed by atoms with E-state index in [1.165, 1.54) is 0 Å². The molecule has 0 saturated heterocycles. The molecule has 5 heteroatoms. The fourth-order valence-corrected chi connectivity index (χ4v) is 1.93. The lowest BCUT2D eigenvalue weighted by molar-refractivity contribution is 0.0938. The fraction of sp³-hybridized carbons (Fsp3) is 0.188. The monoisotopic (exact) mass is 291 g/mol. The second-order valence-corrected chi connectivity index (χ2v) is 4.60. The molecule has 21 heavy (non-hydrogen) atoms. The number of hydrogen-bond donors (Lipinski definition) is 2. The van der Waals surface area contributed by atoms with Crippen molar-refractivity contribution in [3.63, 3.8) is 0 Å². The minimum Gasteiger partial charge on any atom is -0.388 e. The summed E-state index contributed by atoms with van der Waals surface area (Å²) in [6.07, 6.45) is -0.434. The Morgan fingerprint density at radius 3 is 2.57 bits per heavy atom. The summed E-state index contributed by atoms with van der Waals surface area (Å²) in [7, 11) is 0. The normalized spacial score (nSPS) is 12.0. The van der Waals surface area contributed by atoms with Crippen LogP contribution in [-0.4, -0.2) is 17.6 Å². The van der Waals surface area contributed by atoms with Gasteiger partial charge in [0.2, 0.25) is 0 Å². The van der Waals surface area contributed by atoms with Crippen LogP contribution in [0.4, 0.5) is 8.78 Å². The standard InChI is InChI=1S/C16H15F2NO2/c17-12-6-7-14(18)13(10-12)16(21)19-9-8-15(20)11-4-2-1-3-5-11/h1-7,10,15,20H,8-9H2,(H,19,21)/t15-/m1/s1. The van der Waals surface area contributed by atoms with Crippen LogP contribution in [0.15, 0.2) is 48.5 Å². The molecule has 0 aliphatic heterocycles. The minimum atomic E-state index is -0.780. The topological polar surface area (TPSA) is 49.3 Å². The van der Waals surface area contributed by atoms with Crippen LogP contribution >= 0.6 is 0 Å². The van der Waals surface area contributed by atoms with Crippen molar-refractivity contribution < 1.29 is 18.7 Å². The zero-order valence-corrected chi connectivity index (χ0v) is 11.2. The third kappa shape index (κ3) is 4.10. The third-order valence-electron chi connectivity index (χ3n) is 3.06. The number of aliphatic hydroxyl groups is 1. The summed E-state index contributed by atoms with van der Waals surface area (Å²) in [6, 6.07) is 11.7. The van der Waals surface area contributed by atoms with Gasteiger partial charge in [0, 0.05) is 6.54 Å². The molecule has 0 aliphatic rings. The van der Waals surface area contributed by atoms with E-state index in [1.54, 1.807) is 24.3 Å². The molecule has 2 aromatic carbocycles. The third-order valence-corrected chi connectivity index (χ3v) is 3.06. The van der Waals surface area contributed by atoms with E-state index in [1.807, 2.05) is 6.07 Å². The van der Waals surface area contributed by atoms with Gasteiger partial charge in [-0.3, -0.25) is 4.79 Å². The van der Waals surface area contributed by atoms with Gasteiger partial charge in [0.25, 0.3) is 5.91 Å². The number of carbonyl (C=O) groups is 1. The SMILES string of the molecule is O=C(NCC[C@@H](O)c1ccccc1)c1cc(F)ccc1F. The number of carbonyl (C=O) groups excluding carboxylic acids is 1. The summed E-state index contributed by atoms with van der Waals surface area (Å²) in [5.74, 6) is -2.16. The molecule has 0 unspecified atom stereocenters. The van der Waals surface area contributed by atoms with E-state index in [9.17, 15) is 18.7 Å². The van der Waals surface area contributed by atoms with Crippen molar-refractivity contribution in [2.24, 2.45) is 0 Å². The average Bonchev–Trinajstić information content (AvgIpc) is 2.50. The van der Waals surface area contributed by atoms with Crippen molar-refractivity contribution in [1.29, 1.82) is 0 Å². The predicted octanol–water partition coefficient (Wildman–Crippen LogP) is 2.82. The molecule has 0 fully saturated rings. The molecule has 0 bridgehead atoms. The zero-order valence-electron chi connectivity index (χ0n) is 11.2. The van der Waals surface area contributed by atoms with Crippen LogP contribution in [-0.2, 0) is 0 Å². The van der Waals surface area contributed by atoms with E-state index in [0.717, 1.165) is 23.8 Å². The van der Waals surface area contributed by atoms with Crippen LogP contribution in [0.3, 0.4) is 0 Å². The lowest BCUT2D eigenvalue weighted by Gasteiger charge is -2.11. The maximum atomic E-state index is 13.4. The smallest absolute Gasteiger partial charge is 0.254 e. The molecule has 0 radical (unpaired) electrons. The van der Waals surface area contributed by atoms with Crippen molar-refractivity contribution in [2.45, 2.75) is 12.5 Å². The number of rotatable bonds is 5. The van der Waals surface area contributed by atoms with Crippen molar-refractivity contribution in [1.82, 2.24) is 5.32 Å². The van der Waals surface area contributed by atoms with Gasteiger partial charge in [0.1, 0.15) is 11.6 Å². The first-order chi connectivity index (χ1) is 10.1. The minimum absolute atomic E-state index is 0.158. The number of halogens is 2. The van der Waals surface area contributed by atoms with Crippen LogP contribution in [0.1, 0.15) is 28.4 Å². The van der Waals surface area contributed by atoms with Gasteiger partial charge >= 0.3 is 0 Å². The highest BCUT2D eigenvalue weighted by Crippen LogP contribution is 2.15. The van der Waals surface area contributed by atoms with Gasteiger partial charge < -0.3 is 10.4 Å². The molecule has 0 spiro atoms. The molecule has 2 N–H and O–H groups in total. The summed E-state index contributed by atoms with van der Waals surface area (Å²) < 4.78 is 26.4. The Hall–Kier alpha value is -2.27. The maximum Gasteiger partial charge on any atom is 0.254 e. The first kappa shape index (κ1) is 15.1. The van der Waals surface area contributed by atoms with Gasteiger partial charge in [-0.05, 0) is 30.2 Å². The quantitative estimate of drug-likeness (QED) is 0.890. The van der Waals surface area contributed by atoms with E-state index in [0.29, 0.717) is 0 Å². The Morgan fingerprint density at radius 1 is 1.14 bits per heavy atom. The van der Waals surface area contributed by atoms with E-state index in [4.69, 9.17) is 0 Å². The van der Waals surface area contributed by atoms with E-state index in [2.05, 4.69) is 5.32 Å². The van der Waals surface area contributed by atoms with Crippen molar-refractivity contribution in [2.75, 3.05) is 6.54 Å². The molecule has 1 amide bonds. The molecule has 3 nitrogen and oxygen atoms in total. The molecule has 0 saturated carbocycles. The van der Waals surface area contributed by atoms with Crippen LogP contribution in [0.25, 0.3) is 0 Å². The van der Waals surface area contributed by atoms with Gasteiger partial charge in [0.05, 0.1) is 11.7 Å². The summed E-state index contributed by atoms with van der Waals surface area (Å²) in [4.78, 5) is 11.7. The Morgan fingerprint density at radius 2 is 1.86 bits per heavy atom. The van der Waals surface area contributed by atoms with E-state index in [-0.39, 0.29) is 18.5 Å². The van der Waals surface area contributed by atoms with E-state index < -0.39 is 23.6 Å². The molecule has 2 rings (SSSR count). The van der Waals surface area contributed by atoms with Crippen molar-refractivity contribution in [3.05, 3.63) is 71.3 Å². The Labute approximate surface area is 121 Å². The lowest BCUT2D eigenvalue weighted by Crippen LogP contribution is -2.26. The van der Waals surface area contributed by atoms with Crippen LogP contribution in [0, 0.1) is 11.6 Å². The first-order valence-corrected chi connectivity index (χ1v) is 6.54. The molecule has 0 aliphatic carbocycles. The highest BCUT2D eigenvalue weighted by Gasteiger charge is 2.13. The number of amides is 1. The van der Waals surface area contributed by atoms with E-state index >= 15 is 0 Å². The molecule has 2 aromatic rings. The molecule has 110 valence electrons. The first-order valence-electron chi connectivity index (χ1n) is 6.54. The second-order valence-electron chi connectivity index (χ2n) is 4.60. The molecule has 0 heterocycles. The number of aliphatic hydroxyl groups excluding tert-OH is 1. The summed E-state index contributed by atoms with van der Waals surface area (Å²) in [6.45, 7) is 0.158. The largest absolute Gasteiger partial charge is 0.388 e. The molecule has 1 atom stereocenters. The van der Waals surface area contributed by atoms with Gasteiger partial charge in [-0.15, -0.1) is 0 Å². The lowest BCUT2D eigenvalue weighted by atomic mass is 10.1. The van der Waals surface area contributed by atoms with Crippen molar-refractivity contribution >= 4 is 5.91 Å². The molecular weight excluding hydrogens is 276 g/mol. The number of nitrogens with one attached hydrogen (secondary N) is 1. The highest BCUT2D eigenvalue weighted by molar-refractivity contribution is 5.94. The van der Waals surface area contributed by atoms with Crippen LogP contribution in [0.2, 0.25) is 0 Å².